The Hall–Kier alpha value is -3.41. The predicted octanol–water partition coefficient (Wildman–Crippen LogP) is 1.48. The van der Waals surface area contributed by atoms with Crippen LogP contribution in [0.4, 0.5) is 0 Å². The number of primary amides is 1. The predicted molar refractivity (Wildman–Crippen MR) is 90.4 cm³/mol. The molecule has 3 aromatic rings. The van der Waals surface area contributed by atoms with Crippen LogP contribution in [0.5, 0.6) is 0 Å². The lowest BCUT2D eigenvalue weighted by atomic mass is 10.1. The van der Waals surface area contributed by atoms with Gasteiger partial charge in [-0.15, -0.1) is 0 Å². The molecule has 0 aliphatic heterocycles. The number of aromatic amines is 1. The van der Waals surface area contributed by atoms with Gasteiger partial charge in [-0.1, -0.05) is 48.5 Å². The number of carbonyl (C=O) groups excluding carboxylic acids is 2. The smallest absolute Gasteiger partial charge is 0.261 e. The van der Waals surface area contributed by atoms with Gasteiger partial charge in [0, 0.05) is 5.52 Å². The van der Waals surface area contributed by atoms with Crippen molar-refractivity contribution < 1.29 is 9.59 Å². The fourth-order valence-electron chi connectivity index (χ4n) is 2.49. The van der Waals surface area contributed by atoms with Gasteiger partial charge in [-0.2, -0.15) is 0 Å². The number of nitrogens with two attached hydrogens (primary N) is 1. The third-order valence-corrected chi connectivity index (χ3v) is 3.69. The van der Waals surface area contributed by atoms with Crippen LogP contribution in [-0.4, -0.2) is 16.8 Å². The molecule has 6 nitrogen and oxygen atoms in total. The Labute approximate surface area is 137 Å². The Balaban J connectivity index is 1.95. The lowest BCUT2D eigenvalue weighted by molar-refractivity contribution is -0.120. The molecule has 0 saturated carbocycles. The van der Waals surface area contributed by atoms with E-state index in [0.29, 0.717) is 11.1 Å². The molecule has 0 bridgehead atoms. The van der Waals surface area contributed by atoms with Crippen LogP contribution in [0.15, 0.2) is 65.5 Å². The van der Waals surface area contributed by atoms with E-state index < -0.39 is 23.4 Å². The van der Waals surface area contributed by atoms with Crippen molar-refractivity contribution in [2.45, 2.75) is 6.04 Å². The van der Waals surface area contributed by atoms with Gasteiger partial charge in [0.25, 0.3) is 11.5 Å². The van der Waals surface area contributed by atoms with Crippen LogP contribution in [0.25, 0.3) is 10.9 Å². The summed E-state index contributed by atoms with van der Waals surface area (Å²) in [6.45, 7) is 0. The molecule has 120 valence electrons. The van der Waals surface area contributed by atoms with Crippen LogP contribution in [0.1, 0.15) is 22.0 Å². The molecule has 0 saturated heterocycles. The molecule has 0 fully saturated rings. The number of hydrogen-bond donors (Lipinski definition) is 3. The highest BCUT2D eigenvalue weighted by atomic mass is 16.2. The van der Waals surface area contributed by atoms with Crippen LogP contribution in [0.2, 0.25) is 0 Å². The summed E-state index contributed by atoms with van der Waals surface area (Å²) in [6, 6.07) is 16.2. The summed E-state index contributed by atoms with van der Waals surface area (Å²) in [6.07, 6.45) is 0. The van der Waals surface area contributed by atoms with E-state index in [1.54, 1.807) is 54.6 Å². The maximum absolute atomic E-state index is 12.5. The van der Waals surface area contributed by atoms with Crippen LogP contribution in [0.3, 0.4) is 0 Å². The Morgan fingerprint density at radius 1 is 1.00 bits per heavy atom. The molecule has 0 aliphatic carbocycles. The number of benzene rings is 2. The Kier molecular flexibility index (Phi) is 4.11. The SMILES string of the molecule is NC(=O)[C@H](NC(=O)c1cc2ccccc2[nH]c1=O)c1ccccc1. The maximum Gasteiger partial charge on any atom is 0.261 e. The topological polar surface area (TPSA) is 105 Å². The molecule has 0 spiro atoms. The van der Waals surface area contributed by atoms with Gasteiger partial charge < -0.3 is 16.0 Å². The molecule has 3 rings (SSSR count). The van der Waals surface area contributed by atoms with E-state index in [1.807, 2.05) is 0 Å². The van der Waals surface area contributed by atoms with E-state index in [2.05, 4.69) is 10.3 Å². The molecule has 1 heterocycles. The van der Waals surface area contributed by atoms with Crippen molar-refractivity contribution in [2.24, 2.45) is 5.73 Å². The highest BCUT2D eigenvalue weighted by Gasteiger charge is 2.22. The van der Waals surface area contributed by atoms with Crippen molar-refractivity contribution in [2.75, 3.05) is 0 Å². The second kappa shape index (κ2) is 6.37. The number of fused-ring (bicyclic) bond motifs is 1. The van der Waals surface area contributed by atoms with Crippen molar-refractivity contribution >= 4 is 22.7 Å². The largest absolute Gasteiger partial charge is 0.368 e. The number of H-pyrrole nitrogens is 1. The minimum Gasteiger partial charge on any atom is -0.368 e. The van der Waals surface area contributed by atoms with Gasteiger partial charge in [0.15, 0.2) is 0 Å². The molecule has 2 amide bonds. The molecule has 0 aliphatic rings. The number of aromatic nitrogens is 1. The highest BCUT2D eigenvalue weighted by Crippen LogP contribution is 2.14. The van der Waals surface area contributed by atoms with Gasteiger partial charge in [-0.05, 0) is 23.1 Å². The second-order valence-corrected chi connectivity index (χ2v) is 5.32. The minimum atomic E-state index is -1.01. The summed E-state index contributed by atoms with van der Waals surface area (Å²) in [5.41, 5.74) is 5.97. The minimum absolute atomic E-state index is 0.0733. The van der Waals surface area contributed by atoms with E-state index in [-0.39, 0.29) is 5.56 Å². The van der Waals surface area contributed by atoms with Crippen LogP contribution >= 0.6 is 0 Å². The number of carbonyl (C=O) groups is 2. The van der Waals surface area contributed by atoms with Gasteiger partial charge in [0.1, 0.15) is 11.6 Å². The highest BCUT2D eigenvalue weighted by molar-refractivity contribution is 5.99. The normalized spacial score (nSPS) is 11.8. The second-order valence-electron chi connectivity index (χ2n) is 5.32. The summed E-state index contributed by atoms with van der Waals surface area (Å²) in [5, 5.41) is 3.24. The van der Waals surface area contributed by atoms with E-state index in [4.69, 9.17) is 5.73 Å². The van der Waals surface area contributed by atoms with Crippen molar-refractivity contribution in [3.8, 4) is 0 Å². The number of rotatable bonds is 4. The first-order valence-corrected chi connectivity index (χ1v) is 7.33. The van der Waals surface area contributed by atoms with E-state index >= 15 is 0 Å². The molecule has 2 aromatic carbocycles. The van der Waals surface area contributed by atoms with E-state index in [0.717, 1.165) is 5.39 Å². The van der Waals surface area contributed by atoms with Crippen molar-refractivity contribution in [1.82, 2.24) is 10.3 Å². The Bertz CT molecular complexity index is 964. The van der Waals surface area contributed by atoms with Gasteiger partial charge in [-0.3, -0.25) is 14.4 Å². The average molecular weight is 321 g/mol. The van der Waals surface area contributed by atoms with Gasteiger partial charge >= 0.3 is 0 Å². The number of nitrogens with one attached hydrogen (secondary N) is 2. The van der Waals surface area contributed by atoms with Gasteiger partial charge in [0.05, 0.1) is 0 Å². The monoisotopic (exact) mass is 321 g/mol. The van der Waals surface area contributed by atoms with Crippen LogP contribution in [0, 0.1) is 0 Å². The molecule has 0 unspecified atom stereocenters. The molecule has 1 aromatic heterocycles. The van der Waals surface area contributed by atoms with Crippen molar-refractivity contribution in [3.05, 3.63) is 82.1 Å². The molecule has 0 radical (unpaired) electrons. The number of pyridine rings is 1. The fourth-order valence-corrected chi connectivity index (χ4v) is 2.49. The number of para-hydroxylation sites is 1. The summed E-state index contributed by atoms with van der Waals surface area (Å²) >= 11 is 0. The quantitative estimate of drug-likeness (QED) is 0.678. The summed E-state index contributed by atoms with van der Waals surface area (Å²) in [5.74, 6) is -1.36. The first kappa shape index (κ1) is 15.5. The Morgan fingerprint density at radius 3 is 2.38 bits per heavy atom. The third-order valence-electron chi connectivity index (χ3n) is 3.69. The van der Waals surface area contributed by atoms with Crippen molar-refractivity contribution in [3.63, 3.8) is 0 Å². The van der Waals surface area contributed by atoms with Crippen molar-refractivity contribution in [1.29, 1.82) is 0 Å². The molecule has 24 heavy (non-hydrogen) atoms. The lowest BCUT2D eigenvalue weighted by Gasteiger charge is -2.15. The number of amides is 2. The zero-order chi connectivity index (χ0) is 17.1. The summed E-state index contributed by atoms with van der Waals surface area (Å²) < 4.78 is 0. The lowest BCUT2D eigenvalue weighted by Crippen LogP contribution is -2.39. The van der Waals surface area contributed by atoms with Gasteiger partial charge in [0.2, 0.25) is 5.91 Å². The van der Waals surface area contributed by atoms with Crippen LogP contribution in [-0.2, 0) is 4.79 Å². The number of hydrogen-bond acceptors (Lipinski definition) is 3. The third kappa shape index (κ3) is 3.03. The fraction of sp³-hybridized carbons (Fsp3) is 0.0556. The first-order chi connectivity index (χ1) is 11.6. The first-order valence-electron chi connectivity index (χ1n) is 7.33. The van der Waals surface area contributed by atoms with Crippen LogP contribution < -0.4 is 16.6 Å². The standard InChI is InChI=1S/C18H15N3O3/c19-16(22)15(11-6-2-1-3-7-11)21-18(24)13-10-12-8-4-5-9-14(12)20-17(13)23/h1-10,15H,(H2,19,22)(H,20,23)(H,21,24)/t15-/m1/s1. The zero-order valence-electron chi connectivity index (χ0n) is 12.7. The molecule has 1 atom stereocenters. The molecular formula is C18H15N3O3. The molecule has 4 N–H and O–H groups in total. The Morgan fingerprint density at radius 2 is 1.67 bits per heavy atom. The zero-order valence-corrected chi connectivity index (χ0v) is 12.7. The van der Waals surface area contributed by atoms with Gasteiger partial charge in [-0.25, -0.2) is 0 Å². The maximum atomic E-state index is 12.5. The van der Waals surface area contributed by atoms with E-state index in [9.17, 15) is 14.4 Å². The summed E-state index contributed by atoms with van der Waals surface area (Å²) in [7, 11) is 0. The molecule has 6 heteroatoms. The average Bonchev–Trinajstić information content (AvgIpc) is 2.59. The molecular weight excluding hydrogens is 306 g/mol. The van der Waals surface area contributed by atoms with E-state index in [1.165, 1.54) is 6.07 Å². The summed E-state index contributed by atoms with van der Waals surface area (Å²) in [4.78, 5) is 38.9.